The third-order valence-corrected chi connectivity index (χ3v) is 14.0. The summed E-state index contributed by atoms with van der Waals surface area (Å²) in [6.07, 6.45) is 19.7. The number of amides is 1. The lowest BCUT2D eigenvalue weighted by Gasteiger charge is -2.56. The standard InChI is InChI=1S/C43H68N6O4/c1-29(2)49-20-16-31(17-21-49)37-24-36(43(42(48-37)47-34-12-11-13-34)18-9-7-5-4-6-8-10-19-43)41(51)45-26-39(50)38-23-32-14-15-35(22-33(32)25-44-38)52-27-40-30(3)46-28-53-40/h14-15,22,28-29,31,34,36-39,42,44,47-48,50H,4-13,16-21,23-27H2,1-3H3,(H,45,51)/t36?,37?,38-,39+,42?/m0/s1. The van der Waals surface area contributed by atoms with Gasteiger partial charge in [-0.2, -0.15) is 0 Å². The first-order chi connectivity index (χ1) is 25.8. The molecular weight excluding hydrogens is 665 g/mol. The smallest absolute Gasteiger partial charge is 0.223 e. The van der Waals surface area contributed by atoms with E-state index in [9.17, 15) is 9.90 Å². The summed E-state index contributed by atoms with van der Waals surface area (Å²) in [7, 11) is 0. The molecule has 294 valence electrons. The van der Waals surface area contributed by atoms with Gasteiger partial charge in [-0.15, -0.1) is 0 Å². The number of aryl methyl sites for hydroxylation is 1. The second kappa shape index (κ2) is 18.0. The number of nitrogens with zero attached hydrogens (tertiary/aromatic N) is 2. The highest BCUT2D eigenvalue weighted by molar-refractivity contribution is 5.80. The summed E-state index contributed by atoms with van der Waals surface area (Å²) in [6, 6.07) is 7.50. The molecule has 0 radical (unpaired) electrons. The highest BCUT2D eigenvalue weighted by Gasteiger charge is 2.54. The van der Waals surface area contributed by atoms with Crippen LogP contribution in [0.5, 0.6) is 5.75 Å². The van der Waals surface area contributed by atoms with Crippen molar-refractivity contribution < 1.29 is 19.1 Å². The highest BCUT2D eigenvalue weighted by Crippen LogP contribution is 2.49. The van der Waals surface area contributed by atoms with Gasteiger partial charge in [0.1, 0.15) is 12.4 Å². The van der Waals surface area contributed by atoms with Gasteiger partial charge in [-0.05, 0) is 114 Å². The number of piperidine rings is 2. The van der Waals surface area contributed by atoms with E-state index >= 15 is 0 Å². The van der Waals surface area contributed by atoms with Crippen molar-refractivity contribution in [3.05, 3.63) is 47.2 Å². The van der Waals surface area contributed by atoms with Crippen molar-refractivity contribution in [3.63, 3.8) is 0 Å². The molecule has 1 aromatic carbocycles. The molecule has 53 heavy (non-hydrogen) atoms. The first-order valence-corrected chi connectivity index (χ1v) is 21.4. The molecule has 4 heterocycles. The second-order valence-electron chi connectivity index (χ2n) is 17.5. The Morgan fingerprint density at radius 1 is 1.04 bits per heavy atom. The zero-order chi connectivity index (χ0) is 36.8. The van der Waals surface area contributed by atoms with Gasteiger partial charge in [-0.25, -0.2) is 4.98 Å². The maximum atomic E-state index is 14.8. The molecule has 5 aliphatic rings. The quantitative estimate of drug-likeness (QED) is 0.186. The van der Waals surface area contributed by atoms with Gasteiger partial charge in [0.2, 0.25) is 5.91 Å². The number of hydrogen-bond donors (Lipinski definition) is 5. The Morgan fingerprint density at radius 2 is 1.77 bits per heavy atom. The third kappa shape index (κ3) is 9.31. The van der Waals surface area contributed by atoms with Crippen LogP contribution in [0.25, 0.3) is 0 Å². The lowest BCUT2D eigenvalue weighted by Crippen LogP contribution is -2.70. The SMILES string of the molecule is Cc1ncoc1COc1ccc2c(c1)CN[C@H]([C@H](O)CNC(=O)C1CC(C3CCN(C(C)C)CC3)NC(NC3CCC3)C13CCCCCCCCC3)C2. The van der Waals surface area contributed by atoms with Gasteiger partial charge in [0.15, 0.2) is 12.2 Å². The van der Waals surface area contributed by atoms with E-state index in [1.165, 1.54) is 94.6 Å². The number of benzene rings is 1. The Balaban J connectivity index is 1.03. The second-order valence-corrected chi connectivity index (χ2v) is 17.5. The molecule has 1 aromatic heterocycles. The summed E-state index contributed by atoms with van der Waals surface area (Å²) >= 11 is 0. The van der Waals surface area contributed by atoms with Crippen molar-refractivity contribution in [2.45, 2.75) is 173 Å². The van der Waals surface area contributed by atoms with Crippen LogP contribution in [0.15, 0.2) is 29.0 Å². The number of aliphatic hydroxyl groups excluding tert-OH is 1. The van der Waals surface area contributed by atoms with Crippen LogP contribution in [0.4, 0.5) is 0 Å². The minimum atomic E-state index is -0.681. The lowest BCUT2D eigenvalue weighted by atomic mass is 9.60. The Labute approximate surface area is 318 Å². The van der Waals surface area contributed by atoms with Crippen molar-refractivity contribution in [2.24, 2.45) is 17.3 Å². The average molecular weight is 733 g/mol. The fraction of sp³-hybridized carbons (Fsp3) is 0.767. The minimum Gasteiger partial charge on any atom is -0.486 e. The van der Waals surface area contributed by atoms with Crippen LogP contribution in [-0.2, 0) is 24.4 Å². The van der Waals surface area contributed by atoms with Crippen molar-refractivity contribution in [2.75, 3.05) is 19.6 Å². The van der Waals surface area contributed by atoms with Crippen LogP contribution in [-0.4, -0.2) is 77.0 Å². The molecule has 1 spiro atoms. The third-order valence-electron chi connectivity index (χ3n) is 14.0. The van der Waals surface area contributed by atoms with E-state index in [2.05, 4.69) is 57.1 Å². The largest absolute Gasteiger partial charge is 0.486 e. The molecule has 1 amide bonds. The van der Waals surface area contributed by atoms with E-state index in [4.69, 9.17) is 9.15 Å². The summed E-state index contributed by atoms with van der Waals surface area (Å²) in [5.41, 5.74) is 3.10. The number of fused-ring (bicyclic) bond motifs is 1. The number of hydrogen-bond acceptors (Lipinski definition) is 9. The maximum absolute atomic E-state index is 14.8. The number of carbonyl (C=O) groups excluding carboxylic acids is 1. The number of carbonyl (C=O) groups is 1. The molecule has 5 atom stereocenters. The predicted molar refractivity (Wildman–Crippen MR) is 208 cm³/mol. The number of aromatic nitrogens is 1. The van der Waals surface area contributed by atoms with Gasteiger partial charge < -0.3 is 29.8 Å². The van der Waals surface area contributed by atoms with Crippen LogP contribution < -0.4 is 26.0 Å². The van der Waals surface area contributed by atoms with Crippen LogP contribution in [0.2, 0.25) is 0 Å². The van der Waals surface area contributed by atoms with Crippen LogP contribution in [0.3, 0.4) is 0 Å². The molecule has 2 aromatic rings. The zero-order valence-electron chi connectivity index (χ0n) is 32.8. The molecule has 4 fully saturated rings. The summed E-state index contributed by atoms with van der Waals surface area (Å²) < 4.78 is 11.4. The molecule has 10 heteroatoms. The molecule has 10 nitrogen and oxygen atoms in total. The summed E-state index contributed by atoms with van der Waals surface area (Å²) in [5, 5.41) is 26.9. The Morgan fingerprint density at radius 3 is 2.43 bits per heavy atom. The van der Waals surface area contributed by atoms with Crippen molar-refractivity contribution in [3.8, 4) is 5.75 Å². The van der Waals surface area contributed by atoms with Gasteiger partial charge in [0.05, 0.1) is 18.0 Å². The Hall–Kier alpha value is -2.50. The molecular formula is C43H68N6O4. The van der Waals surface area contributed by atoms with Gasteiger partial charge in [-0.1, -0.05) is 57.4 Å². The molecule has 5 N–H and O–H groups in total. The molecule has 3 aliphatic heterocycles. The molecule has 2 aliphatic carbocycles. The number of ether oxygens (including phenoxy) is 1. The fourth-order valence-electron chi connectivity index (χ4n) is 10.2. The van der Waals surface area contributed by atoms with Gasteiger partial charge in [-0.3, -0.25) is 15.4 Å². The van der Waals surface area contributed by atoms with E-state index < -0.39 is 6.10 Å². The maximum Gasteiger partial charge on any atom is 0.223 e. The molecule has 2 saturated carbocycles. The van der Waals surface area contributed by atoms with E-state index in [1.807, 2.05) is 13.0 Å². The van der Waals surface area contributed by atoms with Crippen LogP contribution >= 0.6 is 0 Å². The topological polar surface area (TPSA) is 124 Å². The zero-order valence-corrected chi connectivity index (χ0v) is 32.8. The normalized spacial score (nSPS) is 28.2. The van der Waals surface area contributed by atoms with Crippen LogP contribution in [0.1, 0.15) is 133 Å². The Bertz CT molecular complexity index is 1460. The van der Waals surface area contributed by atoms with E-state index in [1.54, 1.807) is 0 Å². The summed E-state index contributed by atoms with van der Waals surface area (Å²) in [6.45, 7) is 10.1. The number of rotatable bonds is 11. The minimum absolute atomic E-state index is 0.0692. The summed E-state index contributed by atoms with van der Waals surface area (Å²) in [4.78, 5) is 21.5. The van der Waals surface area contributed by atoms with Gasteiger partial charge in [0.25, 0.3) is 0 Å². The van der Waals surface area contributed by atoms with Gasteiger partial charge in [0, 0.05) is 48.6 Å². The lowest BCUT2D eigenvalue weighted by molar-refractivity contribution is -0.137. The number of likely N-dealkylation sites (tertiary alicyclic amines) is 1. The first-order valence-electron chi connectivity index (χ1n) is 21.4. The molecule has 0 bridgehead atoms. The summed E-state index contributed by atoms with van der Waals surface area (Å²) in [5.74, 6) is 2.19. The first kappa shape index (κ1) is 38.8. The molecule has 3 unspecified atom stereocenters. The average Bonchev–Trinajstić information content (AvgIpc) is 3.58. The van der Waals surface area contributed by atoms with E-state index in [0.717, 1.165) is 49.6 Å². The molecule has 7 rings (SSSR count). The van der Waals surface area contributed by atoms with E-state index in [0.29, 0.717) is 43.6 Å². The van der Waals surface area contributed by atoms with Crippen molar-refractivity contribution >= 4 is 5.91 Å². The van der Waals surface area contributed by atoms with Crippen molar-refractivity contribution in [1.82, 2.24) is 31.2 Å². The number of nitrogens with one attached hydrogen (secondary N) is 4. The monoisotopic (exact) mass is 733 g/mol. The van der Waals surface area contributed by atoms with Gasteiger partial charge >= 0.3 is 0 Å². The van der Waals surface area contributed by atoms with Crippen molar-refractivity contribution in [1.29, 1.82) is 0 Å². The molecule has 2 saturated heterocycles. The van der Waals surface area contributed by atoms with E-state index in [-0.39, 0.29) is 36.0 Å². The Kier molecular flexibility index (Phi) is 13.1. The fourth-order valence-corrected chi connectivity index (χ4v) is 10.2. The predicted octanol–water partition coefficient (Wildman–Crippen LogP) is 6.13. The highest BCUT2D eigenvalue weighted by atomic mass is 16.5. The number of aliphatic hydroxyl groups is 1. The number of oxazole rings is 1. The van der Waals surface area contributed by atoms with Crippen LogP contribution in [0, 0.1) is 24.2 Å².